The molecule has 1 aromatic carbocycles. The van der Waals surface area contributed by atoms with Crippen molar-refractivity contribution >= 4 is 40.1 Å². The van der Waals surface area contributed by atoms with Gasteiger partial charge in [0.25, 0.3) is 10.0 Å². The predicted molar refractivity (Wildman–Crippen MR) is 154 cm³/mol. The molecule has 0 bridgehead atoms. The smallest absolute Gasteiger partial charge is 0.421 e. The minimum atomic E-state index is -4.19. The number of carbonyl (C=O) groups is 1. The highest BCUT2D eigenvalue weighted by atomic mass is 35.5. The lowest BCUT2D eigenvalue weighted by Crippen LogP contribution is -2.52. The Kier molecular flexibility index (Phi) is 12.9. The van der Waals surface area contributed by atoms with E-state index in [0.29, 0.717) is 44.5 Å². The van der Waals surface area contributed by atoms with Gasteiger partial charge in [0.15, 0.2) is 12.1 Å². The second-order valence-electron chi connectivity index (χ2n) is 10.7. The Morgan fingerprint density at radius 2 is 1.80 bits per heavy atom. The first-order valence-corrected chi connectivity index (χ1v) is 15.9. The molecule has 0 saturated carbocycles. The van der Waals surface area contributed by atoms with E-state index in [1.807, 2.05) is 18.6 Å². The Morgan fingerprint density at radius 3 is 2.49 bits per heavy atom. The monoisotopic (exact) mass is 640 g/mol. The molecule has 11 nitrogen and oxygen atoms in total. The summed E-state index contributed by atoms with van der Waals surface area (Å²) < 4.78 is 63.5. The van der Waals surface area contributed by atoms with Crippen LogP contribution in [0.1, 0.15) is 52.9 Å². The summed E-state index contributed by atoms with van der Waals surface area (Å²) in [7, 11) is -4.19. The first-order valence-electron chi connectivity index (χ1n) is 14.0. The highest BCUT2D eigenvalue weighted by Gasteiger charge is 2.58. The number of unbranched alkanes of at least 4 members (excludes halogenated alkanes) is 4. The van der Waals surface area contributed by atoms with E-state index in [9.17, 15) is 13.2 Å². The van der Waals surface area contributed by atoms with Gasteiger partial charge >= 0.3 is 6.09 Å². The molecule has 0 spiro atoms. The van der Waals surface area contributed by atoms with Gasteiger partial charge in [0.2, 0.25) is 0 Å². The normalized spacial score (nSPS) is 26.6. The van der Waals surface area contributed by atoms with Gasteiger partial charge in [0, 0.05) is 31.3 Å². The topological polar surface area (TPSA) is 122 Å². The van der Waals surface area contributed by atoms with Gasteiger partial charge in [-0.25, -0.2) is 17.9 Å². The molecule has 0 radical (unpaired) electrons. The number of hydrogen-bond donors (Lipinski definition) is 1. The third-order valence-corrected chi connectivity index (χ3v) is 8.67. The maximum atomic E-state index is 13.0. The molecule has 3 heterocycles. The fourth-order valence-electron chi connectivity index (χ4n) is 5.11. The van der Waals surface area contributed by atoms with Crippen LogP contribution < -0.4 is 4.72 Å². The Labute approximate surface area is 253 Å². The van der Waals surface area contributed by atoms with Crippen LogP contribution in [0.15, 0.2) is 29.2 Å². The zero-order valence-corrected chi connectivity index (χ0v) is 26.2. The number of benzene rings is 1. The van der Waals surface area contributed by atoms with Gasteiger partial charge in [0.1, 0.15) is 24.4 Å². The number of rotatable bonds is 13. The summed E-state index contributed by atoms with van der Waals surface area (Å²) in [6.45, 7) is 8.91. The number of nitrogens with one attached hydrogen (secondary N) is 1. The van der Waals surface area contributed by atoms with Crippen molar-refractivity contribution in [2.45, 2.75) is 94.3 Å². The van der Waals surface area contributed by atoms with Crippen LogP contribution in [0.5, 0.6) is 0 Å². The molecule has 1 aromatic rings. The highest BCUT2D eigenvalue weighted by Crippen LogP contribution is 2.40. The van der Waals surface area contributed by atoms with E-state index in [4.69, 9.17) is 40.0 Å². The van der Waals surface area contributed by atoms with Crippen molar-refractivity contribution in [2.24, 2.45) is 0 Å². The third-order valence-electron chi connectivity index (χ3n) is 7.09. The predicted octanol–water partition coefficient (Wildman–Crippen LogP) is 4.11. The first kappa shape index (κ1) is 34.3. The maximum absolute atomic E-state index is 13.0. The molecule has 0 aromatic heterocycles. The van der Waals surface area contributed by atoms with E-state index < -0.39 is 52.6 Å². The van der Waals surface area contributed by atoms with Gasteiger partial charge in [-0.3, -0.25) is 4.90 Å². The standard InChI is InChI=1S/C27H41ClN2O9S.ClH/c1-4-5-6-7-8-15-35-23-22(37-25-24(23)38-27(2,3)39-25)21(18-30-13-16-34-17-14-30)36-26(31)29-40(32,33)20-11-9-19(28)10-12-20;/h9-12,21-25H,4-8,13-18H2,1-3H3,(H,29,31);1H/t21?,22-,23+,24-,25-;/m1./s1. The summed E-state index contributed by atoms with van der Waals surface area (Å²) in [6, 6.07) is 5.48. The van der Waals surface area contributed by atoms with Crippen molar-refractivity contribution < 1.29 is 41.6 Å². The van der Waals surface area contributed by atoms with Crippen LogP contribution in [0.3, 0.4) is 0 Å². The van der Waals surface area contributed by atoms with Gasteiger partial charge in [-0.2, -0.15) is 0 Å². The summed E-state index contributed by atoms with van der Waals surface area (Å²) in [5, 5.41) is 0.375. The molecule has 0 aliphatic carbocycles. The van der Waals surface area contributed by atoms with Crippen molar-refractivity contribution in [2.75, 3.05) is 39.5 Å². The van der Waals surface area contributed by atoms with Gasteiger partial charge in [-0.05, 0) is 44.5 Å². The SMILES string of the molecule is CCCCCCCO[C@@H]1[C@H]2OC(C)(C)O[C@H]2O[C@@H]1C(CN1CCOCC1)OC(=O)NS(=O)(=O)c1ccc(Cl)cc1.Cl. The van der Waals surface area contributed by atoms with Crippen LogP contribution >= 0.6 is 24.0 Å². The number of sulfonamides is 1. The lowest BCUT2D eigenvalue weighted by atomic mass is 10.0. The number of carbonyl (C=O) groups excluding carboxylic acids is 1. The Bertz CT molecular complexity index is 1070. The van der Waals surface area contributed by atoms with E-state index in [1.165, 1.54) is 30.7 Å². The van der Waals surface area contributed by atoms with E-state index in [0.717, 1.165) is 25.7 Å². The summed E-state index contributed by atoms with van der Waals surface area (Å²) >= 11 is 5.87. The molecule has 41 heavy (non-hydrogen) atoms. The Hall–Kier alpha value is -1.22. The lowest BCUT2D eigenvalue weighted by Gasteiger charge is -2.35. The van der Waals surface area contributed by atoms with Crippen molar-refractivity contribution in [1.29, 1.82) is 0 Å². The Balaban J connectivity index is 0.00000462. The van der Waals surface area contributed by atoms with Crippen LogP contribution in [0.4, 0.5) is 4.79 Å². The lowest BCUT2D eigenvalue weighted by molar-refractivity contribution is -0.230. The quantitative estimate of drug-likeness (QED) is 0.315. The minimum Gasteiger partial charge on any atom is -0.441 e. The zero-order valence-electron chi connectivity index (χ0n) is 23.8. The molecule has 3 aliphatic rings. The summed E-state index contributed by atoms with van der Waals surface area (Å²) in [6.07, 6.45) is 0.843. The number of morpholine rings is 1. The number of amides is 1. The van der Waals surface area contributed by atoms with E-state index in [2.05, 4.69) is 11.8 Å². The first-order chi connectivity index (χ1) is 19.1. The molecular formula is C27H42Cl2N2O9S. The van der Waals surface area contributed by atoms with Crippen LogP contribution in [0.25, 0.3) is 0 Å². The van der Waals surface area contributed by atoms with Crippen LogP contribution in [0, 0.1) is 0 Å². The van der Waals surface area contributed by atoms with Gasteiger partial charge in [-0.15, -0.1) is 12.4 Å². The fraction of sp³-hybridized carbons (Fsp3) is 0.741. The number of nitrogens with zero attached hydrogens (tertiary/aromatic N) is 1. The van der Waals surface area contributed by atoms with E-state index >= 15 is 0 Å². The maximum Gasteiger partial charge on any atom is 0.421 e. The molecule has 3 fully saturated rings. The van der Waals surface area contributed by atoms with Gasteiger partial charge in [-0.1, -0.05) is 44.2 Å². The molecule has 1 amide bonds. The average Bonchev–Trinajstić information content (AvgIpc) is 3.38. The summed E-state index contributed by atoms with van der Waals surface area (Å²) in [5.41, 5.74) is 0. The van der Waals surface area contributed by atoms with Crippen LogP contribution in [-0.2, 0) is 38.4 Å². The number of halogens is 2. The molecule has 14 heteroatoms. The van der Waals surface area contributed by atoms with Crippen molar-refractivity contribution in [3.05, 3.63) is 29.3 Å². The molecule has 4 rings (SSSR count). The molecule has 3 aliphatic heterocycles. The van der Waals surface area contributed by atoms with Gasteiger partial charge < -0.3 is 28.4 Å². The molecular weight excluding hydrogens is 599 g/mol. The molecule has 5 atom stereocenters. The molecule has 3 saturated heterocycles. The second kappa shape index (κ2) is 15.5. The minimum absolute atomic E-state index is 0. The highest BCUT2D eigenvalue weighted by molar-refractivity contribution is 7.90. The summed E-state index contributed by atoms with van der Waals surface area (Å²) in [4.78, 5) is 15.0. The van der Waals surface area contributed by atoms with E-state index in [1.54, 1.807) is 0 Å². The fourth-order valence-corrected chi connectivity index (χ4v) is 6.11. The molecule has 1 unspecified atom stereocenters. The largest absolute Gasteiger partial charge is 0.441 e. The number of hydrogen-bond acceptors (Lipinski definition) is 10. The zero-order chi connectivity index (χ0) is 28.8. The molecule has 234 valence electrons. The van der Waals surface area contributed by atoms with Crippen LogP contribution in [0.2, 0.25) is 5.02 Å². The van der Waals surface area contributed by atoms with Gasteiger partial charge in [0.05, 0.1) is 18.1 Å². The second-order valence-corrected chi connectivity index (χ2v) is 12.9. The summed E-state index contributed by atoms with van der Waals surface area (Å²) in [5.74, 6) is -0.854. The molecule has 1 N–H and O–H groups in total. The van der Waals surface area contributed by atoms with E-state index in [-0.39, 0.29) is 17.3 Å². The Morgan fingerprint density at radius 1 is 1.12 bits per heavy atom. The average molecular weight is 642 g/mol. The number of ether oxygens (including phenoxy) is 6. The van der Waals surface area contributed by atoms with Crippen LogP contribution in [-0.4, -0.2) is 95.4 Å². The number of fused-ring (bicyclic) bond motifs is 1. The van der Waals surface area contributed by atoms with Crippen molar-refractivity contribution in [1.82, 2.24) is 9.62 Å². The van der Waals surface area contributed by atoms with Crippen molar-refractivity contribution in [3.63, 3.8) is 0 Å². The third kappa shape index (κ3) is 9.64. The van der Waals surface area contributed by atoms with Crippen molar-refractivity contribution in [3.8, 4) is 0 Å².